The summed E-state index contributed by atoms with van der Waals surface area (Å²) in [5.74, 6) is 0. The molecule has 0 spiro atoms. The molecule has 0 fully saturated rings. The quantitative estimate of drug-likeness (QED) is 0.626. The Kier molecular flexibility index (Phi) is 1.74. The fourth-order valence-corrected chi connectivity index (χ4v) is 2.65. The van der Waals surface area contributed by atoms with Crippen molar-refractivity contribution in [2.45, 2.75) is 32.2 Å². The second-order valence-corrected chi connectivity index (χ2v) is 4.15. The molecule has 2 heterocycles. The third-order valence-electron chi connectivity index (χ3n) is 3.34. The lowest BCUT2D eigenvalue weighted by Gasteiger charge is -2.19. The largest absolute Gasteiger partial charge is 0.326 e. The Morgan fingerprint density at radius 2 is 1.86 bits per heavy atom. The summed E-state index contributed by atoms with van der Waals surface area (Å²) in [6, 6.07) is 0. The third kappa shape index (κ3) is 1.05. The lowest BCUT2D eigenvalue weighted by molar-refractivity contribution is 0.622. The van der Waals surface area contributed by atoms with Crippen LogP contribution in [0.4, 0.5) is 0 Å². The van der Waals surface area contributed by atoms with E-state index in [4.69, 9.17) is 0 Å². The van der Waals surface area contributed by atoms with Gasteiger partial charge in [0.05, 0.1) is 0 Å². The Morgan fingerprint density at radius 1 is 1.00 bits per heavy atom. The number of aromatic nitrogens is 1. The van der Waals surface area contributed by atoms with Gasteiger partial charge in [-0.05, 0) is 30.4 Å². The Hall–Kier alpha value is -1.09. The standard InChI is InChI=1S/C11H14N2O/c14-11-8-3-1-2-7(8)9-6-12-5-4-10(9)13-11/h12H,1-6H2,(H,13,14). The number of aromatic amines is 1. The minimum absolute atomic E-state index is 0.165. The summed E-state index contributed by atoms with van der Waals surface area (Å²) >= 11 is 0. The molecule has 14 heavy (non-hydrogen) atoms. The van der Waals surface area contributed by atoms with Gasteiger partial charge in [-0.25, -0.2) is 0 Å². The molecule has 0 saturated heterocycles. The molecule has 3 heteroatoms. The van der Waals surface area contributed by atoms with Crippen LogP contribution in [0.5, 0.6) is 0 Å². The maximum Gasteiger partial charge on any atom is 0.251 e. The van der Waals surface area contributed by atoms with Gasteiger partial charge >= 0.3 is 0 Å². The lowest BCUT2D eigenvalue weighted by atomic mass is 9.99. The summed E-state index contributed by atoms with van der Waals surface area (Å²) in [4.78, 5) is 14.7. The van der Waals surface area contributed by atoms with Crippen LogP contribution >= 0.6 is 0 Å². The minimum atomic E-state index is 0.165. The molecule has 0 unspecified atom stereocenters. The first-order valence-corrected chi connectivity index (χ1v) is 5.33. The molecule has 3 nitrogen and oxygen atoms in total. The van der Waals surface area contributed by atoms with Crippen LogP contribution in [0.2, 0.25) is 0 Å². The van der Waals surface area contributed by atoms with Crippen LogP contribution < -0.4 is 10.9 Å². The van der Waals surface area contributed by atoms with E-state index in [1.165, 1.54) is 16.8 Å². The van der Waals surface area contributed by atoms with E-state index in [1.807, 2.05) is 0 Å². The smallest absolute Gasteiger partial charge is 0.251 e. The van der Waals surface area contributed by atoms with Crippen molar-refractivity contribution >= 4 is 0 Å². The van der Waals surface area contributed by atoms with Gasteiger partial charge in [-0.15, -0.1) is 0 Å². The highest BCUT2D eigenvalue weighted by Gasteiger charge is 2.22. The molecule has 2 aliphatic rings. The zero-order valence-corrected chi connectivity index (χ0v) is 8.15. The maximum atomic E-state index is 11.7. The average molecular weight is 190 g/mol. The van der Waals surface area contributed by atoms with Gasteiger partial charge in [-0.1, -0.05) is 0 Å². The average Bonchev–Trinajstić information content (AvgIpc) is 2.67. The zero-order valence-electron chi connectivity index (χ0n) is 8.15. The van der Waals surface area contributed by atoms with Gasteiger partial charge in [-0.3, -0.25) is 4.79 Å². The SMILES string of the molecule is O=c1[nH]c2c(c3c1CCC3)CNCC2. The summed E-state index contributed by atoms with van der Waals surface area (Å²) < 4.78 is 0. The number of hydrogen-bond acceptors (Lipinski definition) is 2. The molecule has 0 aromatic carbocycles. The summed E-state index contributed by atoms with van der Waals surface area (Å²) in [6.45, 7) is 1.93. The van der Waals surface area contributed by atoms with Crippen LogP contribution in [0.15, 0.2) is 4.79 Å². The van der Waals surface area contributed by atoms with Crippen LogP contribution in [0, 0.1) is 0 Å². The van der Waals surface area contributed by atoms with E-state index in [9.17, 15) is 4.79 Å². The monoisotopic (exact) mass is 190 g/mol. The molecule has 0 bridgehead atoms. The van der Waals surface area contributed by atoms with Gasteiger partial charge in [-0.2, -0.15) is 0 Å². The van der Waals surface area contributed by atoms with Crippen molar-refractivity contribution in [3.8, 4) is 0 Å². The lowest BCUT2D eigenvalue weighted by Crippen LogP contribution is -2.29. The minimum Gasteiger partial charge on any atom is -0.326 e. The van der Waals surface area contributed by atoms with E-state index in [0.717, 1.165) is 44.3 Å². The fraction of sp³-hybridized carbons (Fsp3) is 0.545. The predicted octanol–water partition coefficient (Wildman–Crippen LogP) is 0.509. The van der Waals surface area contributed by atoms with E-state index in [1.54, 1.807) is 0 Å². The van der Waals surface area contributed by atoms with E-state index >= 15 is 0 Å². The zero-order chi connectivity index (χ0) is 9.54. The van der Waals surface area contributed by atoms with Crippen LogP contribution in [0.25, 0.3) is 0 Å². The van der Waals surface area contributed by atoms with E-state index < -0.39 is 0 Å². The number of pyridine rings is 1. The van der Waals surface area contributed by atoms with Gasteiger partial charge in [0.15, 0.2) is 0 Å². The van der Waals surface area contributed by atoms with Crippen molar-refractivity contribution < 1.29 is 0 Å². The Bertz CT molecular complexity index is 434. The van der Waals surface area contributed by atoms with E-state index in [2.05, 4.69) is 10.3 Å². The molecule has 2 N–H and O–H groups in total. The number of H-pyrrole nitrogens is 1. The molecular formula is C11H14N2O. The molecule has 1 aliphatic heterocycles. The topological polar surface area (TPSA) is 44.9 Å². The Balaban J connectivity index is 2.27. The van der Waals surface area contributed by atoms with Crippen LogP contribution in [0.1, 0.15) is 28.8 Å². The highest BCUT2D eigenvalue weighted by Crippen LogP contribution is 2.25. The molecule has 74 valence electrons. The summed E-state index contributed by atoms with van der Waals surface area (Å²) in [5, 5.41) is 3.37. The summed E-state index contributed by atoms with van der Waals surface area (Å²) in [7, 11) is 0. The number of nitrogens with one attached hydrogen (secondary N) is 2. The van der Waals surface area contributed by atoms with Crippen molar-refractivity contribution in [2.24, 2.45) is 0 Å². The van der Waals surface area contributed by atoms with Crippen molar-refractivity contribution in [1.29, 1.82) is 0 Å². The van der Waals surface area contributed by atoms with Crippen molar-refractivity contribution in [3.05, 3.63) is 32.7 Å². The first-order valence-electron chi connectivity index (χ1n) is 5.33. The molecule has 0 amide bonds. The number of fused-ring (bicyclic) bond motifs is 3. The Morgan fingerprint density at radius 3 is 2.79 bits per heavy atom. The second-order valence-electron chi connectivity index (χ2n) is 4.15. The number of rotatable bonds is 0. The molecule has 0 atom stereocenters. The van der Waals surface area contributed by atoms with Gasteiger partial charge in [0.1, 0.15) is 0 Å². The van der Waals surface area contributed by atoms with Crippen molar-refractivity contribution in [2.75, 3.05) is 6.54 Å². The summed E-state index contributed by atoms with van der Waals surface area (Å²) in [5.41, 5.74) is 5.11. The molecule has 1 aliphatic carbocycles. The first-order chi connectivity index (χ1) is 6.86. The fourth-order valence-electron chi connectivity index (χ4n) is 2.65. The number of hydrogen-bond donors (Lipinski definition) is 2. The maximum absolute atomic E-state index is 11.7. The van der Waals surface area contributed by atoms with Crippen LogP contribution in [0.3, 0.4) is 0 Å². The molecule has 1 aromatic rings. The second kappa shape index (κ2) is 2.95. The van der Waals surface area contributed by atoms with Crippen LogP contribution in [-0.4, -0.2) is 11.5 Å². The third-order valence-corrected chi connectivity index (χ3v) is 3.34. The van der Waals surface area contributed by atoms with Gasteiger partial charge in [0.2, 0.25) is 0 Å². The van der Waals surface area contributed by atoms with E-state index in [-0.39, 0.29) is 5.56 Å². The Labute approximate surface area is 82.5 Å². The molecule has 3 rings (SSSR count). The predicted molar refractivity (Wildman–Crippen MR) is 54.5 cm³/mol. The molecule has 0 radical (unpaired) electrons. The van der Waals surface area contributed by atoms with Crippen molar-refractivity contribution in [1.82, 2.24) is 10.3 Å². The molecular weight excluding hydrogens is 176 g/mol. The highest BCUT2D eigenvalue weighted by atomic mass is 16.1. The van der Waals surface area contributed by atoms with Gasteiger partial charge in [0.25, 0.3) is 5.56 Å². The first kappa shape index (κ1) is 8.24. The highest BCUT2D eigenvalue weighted by molar-refractivity contribution is 5.40. The normalized spacial score (nSPS) is 19.1. The molecule has 1 aromatic heterocycles. The van der Waals surface area contributed by atoms with Gasteiger partial charge < -0.3 is 10.3 Å². The van der Waals surface area contributed by atoms with Crippen LogP contribution in [-0.2, 0) is 25.8 Å². The summed E-state index contributed by atoms with van der Waals surface area (Å²) in [6.07, 6.45) is 4.19. The molecule has 0 saturated carbocycles. The van der Waals surface area contributed by atoms with Gasteiger partial charge in [0, 0.05) is 30.8 Å². The van der Waals surface area contributed by atoms with Crippen molar-refractivity contribution in [3.63, 3.8) is 0 Å². The van der Waals surface area contributed by atoms with E-state index in [0.29, 0.717) is 0 Å².